The number of likely N-dealkylation sites (N-methyl/N-ethyl adjacent to an activating group) is 1. The zero-order valence-corrected chi connectivity index (χ0v) is 20.9. The molecule has 2 aliphatic rings. The summed E-state index contributed by atoms with van der Waals surface area (Å²) < 4.78 is 54.7. The van der Waals surface area contributed by atoms with Gasteiger partial charge in [0.15, 0.2) is 5.11 Å². The molecule has 0 saturated carbocycles. The van der Waals surface area contributed by atoms with Gasteiger partial charge in [-0.3, -0.25) is 5.43 Å². The Morgan fingerprint density at radius 2 is 1.69 bits per heavy atom. The van der Waals surface area contributed by atoms with Gasteiger partial charge in [-0.05, 0) is 61.8 Å². The molecule has 0 unspecified atom stereocenters. The van der Waals surface area contributed by atoms with E-state index in [4.69, 9.17) is 18.0 Å². The van der Waals surface area contributed by atoms with Gasteiger partial charge >= 0.3 is 6.18 Å². The Morgan fingerprint density at radius 3 is 2.33 bits per heavy atom. The summed E-state index contributed by atoms with van der Waals surface area (Å²) in [4.78, 5) is 6.43. The molecule has 0 aromatic heterocycles. The summed E-state index contributed by atoms with van der Waals surface area (Å²) in [5.74, 6) is -0.372. The summed E-state index contributed by atoms with van der Waals surface area (Å²) in [6.07, 6.45) is -1.56. The highest BCUT2D eigenvalue weighted by Gasteiger charge is 2.32. The summed E-state index contributed by atoms with van der Waals surface area (Å²) >= 11 is 4.78. The molecule has 36 heavy (non-hydrogen) atoms. The number of hydrazone groups is 1. The number of alkyl halides is 3. The topological polar surface area (TPSA) is 60.1 Å². The first-order valence-electron chi connectivity index (χ1n) is 11.9. The first-order chi connectivity index (χ1) is 17.1. The molecule has 2 aliphatic heterocycles. The van der Waals surface area contributed by atoms with Gasteiger partial charge in [0.25, 0.3) is 0 Å². The van der Waals surface area contributed by atoms with E-state index in [1.165, 1.54) is 24.4 Å². The molecule has 2 saturated heterocycles. The van der Waals surface area contributed by atoms with Crippen molar-refractivity contribution in [3.8, 4) is 0 Å². The number of rotatable bonds is 5. The number of nitrogens with one attached hydrogen (secondary N) is 1. The second-order valence-corrected chi connectivity index (χ2v) is 9.71. The number of piperazine rings is 1. The molecule has 0 radical (unpaired) electrons. The average molecular weight is 523 g/mol. The van der Waals surface area contributed by atoms with E-state index in [1.807, 2.05) is 11.0 Å². The van der Waals surface area contributed by atoms with Gasteiger partial charge in [-0.1, -0.05) is 18.2 Å². The molecular formula is C25H30F4N6S. The van der Waals surface area contributed by atoms with Crippen LogP contribution in [0.5, 0.6) is 0 Å². The van der Waals surface area contributed by atoms with E-state index in [1.54, 1.807) is 6.07 Å². The molecule has 0 aliphatic carbocycles. The van der Waals surface area contributed by atoms with Crippen LogP contribution in [0.2, 0.25) is 0 Å². The highest BCUT2D eigenvalue weighted by Crippen LogP contribution is 2.37. The Labute approximate surface area is 213 Å². The number of anilines is 2. The predicted molar refractivity (Wildman–Crippen MR) is 139 cm³/mol. The van der Waals surface area contributed by atoms with Crippen molar-refractivity contribution < 1.29 is 17.6 Å². The van der Waals surface area contributed by atoms with Crippen LogP contribution in [0.1, 0.15) is 35.4 Å². The molecule has 6 nitrogen and oxygen atoms in total. The second kappa shape index (κ2) is 11.0. The van der Waals surface area contributed by atoms with Crippen molar-refractivity contribution in [3.05, 3.63) is 58.9 Å². The fraction of sp³-hybridized carbons (Fsp3) is 0.440. The van der Waals surface area contributed by atoms with Crippen LogP contribution in [0.15, 0.2) is 41.5 Å². The molecular weight excluding hydrogens is 492 g/mol. The van der Waals surface area contributed by atoms with Gasteiger partial charge < -0.3 is 20.4 Å². The number of thiocarbonyl (C=S) groups is 1. The normalized spacial score (nSPS) is 18.1. The first-order valence-corrected chi connectivity index (χ1v) is 12.3. The zero-order valence-electron chi connectivity index (χ0n) is 20.1. The summed E-state index contributed by atoms with van der Waals surface area (Å²) in [6, 6.07) is 8.85. The molecule has 4 rings (SSSR count). The van der Waals surface area contributed by atoms with E-state index in [9.17, 15) is 13.2 Å². The lowest BCUT2D eigenvalue weighted by molar-refractivity contribution is -0.137. The third-order valence-corrected chi connectivity index (χ3v) is 6.93. The van der Waals surface area contributed by atoms with Crippen LogP contribution in [0.3, 0.4) is 0 Å². The summed E-state index contributed by atoms with van der Waals surface area (Å²) in [5.41, 5.74) is 9.97. The van der Waals surface area contributed by atoms with Crippen LogP contribution in [0, 0.1) is 5.82 Å². The maximum absolute atomic E-state index is 15.3. The van der Waals surface area contributed by atoms with Crippen molar-refractivity contribution in [1.82, 2.24) is 10.3 Å². The second-order valence-electron chi connectivity index (χ2n) is 9.27. The molecule has 11 heteroatoms. The Morgan fingerprint density at radius 1 is 1.03 bits per heavy atom. The molecule has 3 N–H and O–H groups in total. The zero-order chi connectivity index (χ0) is 25.9. The van der Waals surface area contributed by atoms with Gasteiger partial charge in [0.05, 0.1) is 17.5 Å². The number of piperidine rings is 1. The minimum absolute atomic E-state index is 0.00120. The monoisotopic (exact) mass is 522 g/mol. The lowest BCUT2D eigenvalue weighted by atomic mass is 9.88. The van der Waals surface area contributed by atoms with E-state index >= 15 is 4.39 Å². The van der Waals surface area contributed by atoms with Gasteiger partial charge in [0.2, 0.25) is 0 Å². The molecule has 2 aromatic rings. The van der Waals surface area contributed by atoms with Crippen molar-refractivity contribution in [2.75, 3.05) is 56.1 Å². The maximum atomic E-state index is 15.3. The number of hydrogen-bond donors (Lipinski definition) is 2. The summed E-state index contributed by atoms with van der Waals surface area (Å²) in [6.45, 7) is 4.46. The molecule has 0 amide bonds. The molecule has 0 atom stereocenters. The van der Waals surface area contributed by atoms with Gasteiger partial charge in [0, 0.05) is 50.5 Å². The van der Waals surface area contributed by atoms with Crippen LogP contribution in [0.25, 0.3) is 0 Å². The third-order valence-electron chi connectivity index (χ3n) is 6.84. The maximum Gasteiger partial charge on any atom is 0.416 e. The Balaban J connectivity index is 1.54. The lowest BCUT2D eigenvalue weighted by Crippen LogP contribution is -2.45. The minimum atomic E-state index is -4.37. The molecule has 2 heterocycles. The van der Waals surface area contributed by atoms with Crippen LogP contribution in [0.4, 0.5) is 28.9 Å². The Bertz CT molecular complexity index is 1110. The van der Waals surface area contributed by atoms with Crippen molar-refractivity contribution in [3.63, 3.8) is 0 Å². The number of benzene rings is 2. The van der Waals surface area contributed by atoms with E-state index in [2.05, 4.69) is 27.4 Å². The van der Waals surface area contributed by atoms with Crippen molar-refractivity contribution in [2.45, 2.75) is 24.9 Å². The fourth-order valence-electron chi connectivity index (χ4n) is 4.82. The predicted octanol–water partition coefficient (Wildman–Crippen LogP) is 4.15. The third kappa shape index (κ3) is 6.25. The van der Waals surface area contributed by atoms with Gasteiger partial charge in [-0.2, -0.15) is 18.3 Å². The SMILES string of the molecule is CN1CCN(c2cc(N3CCC(c4cccc(C(F)(F)F)c4)CC3)c(F)cc2C=NNC(N)=S)CC1. The Hall–Kier alpha value is -2.92. The molecule has 2 aromatic carbocycles. The highest BCUT2D eigenvalue weighted by atomic mass is 32.1. The quantitative estimate of drug-likeness (QED) is 0.266. The average Bonchev–Trinajstić information content (AvgIpc) is 2.84. The standard InChI is InChI=1S/C25H30F4N6S/c1-33-9-11-35(12-10-33)22-15-23(21(26)14-19(22)16-31-32-24(30)36)34-7-5-17(6-8-34)18-3-2-4-20(13-18)25(27,28)29/h2-4,13-17H,5-12H2,1H3,(H3,30,32,36). The largest absolute Gasteiger partial charge is 0.416 e. The minimum Gasteiger partial charge on any atom is -0.375 e. The van der Waals surface area contributed by atoms with Gasteiger partial charge in [-0.25, -0.2) is 4.39 Å². The van der Waals surface area contributed by atoms with Crippen molar-refractivity contribution >= 4 is 34.9 Å². The van der Waals surface area contributed by atoms with E-state index in [-0.39, 0.29) is 16.8 Å². The number of halogens is 4. The Kier molecular flexibility index (Phi) is 7.99. The summed E-state index contributed by atoms with van der Waals surface area (Å²) in [5, 5.41) is 4.05. The lowest BCUT2D eigenvalue weighted by Gasteiger charge is -2.37. The molecule has 0 bridgehead atoms. The van der Waals surface area contributed by atoms with Gasteiger partial charge in [-0.15, -0.1) is 0 Å². The number of hydrogen-bond acceptors (Lipinski definition) is 5. The molecule has 2 fully saturated rings. The molecule has 194 valence electrons. The van der Waals surface area contributed by atoms with E-state index in [0.29, 0.717) is 42.7 Å². The van der Waals surface area contributed by atoms with E-state index in [0.717, 1.165) is 37.9 Å². The highest BCUT2D eigenvalue weighted by molar-refractivity contribution is 7.80. The molecule has 0 spiro atoms. The van der Waals surface area contributed by atoms with E-state index < -0.39 is 11.7 Å². The first kappa shape index (κ1) is 26.2. The number of nitrogens with two attached hydrogens (primary N) is 1. The fourth-order valence-corrected chi connectivity index (χ4v) is 4.87. The number of nitrogens with zero attached hydrogens (tertiary/aromatic N) is 4. The van der Waals surface area contributed by atoms with Crippen molar-refractivity contribution in [1.29, 1.82) is 0 Å². The van der Waals surface area contributed by atoms with Crippen molar-refractivity contribution in [2.24, 2.45) is 10.8 Å². The van der Waals surface area contributed by atoms with Crippen LogP contribution < -0.4 is 21.0 Å². The van der Waals surface area contributed by atoms with Crippen LogP contribution in [-0.2, 0) is 6.18 Å². The van der Waals surface area contributed by atoms with Gasteiger partial charge in [0.1, 0.15) is 5.82 Å². The van der Waals surface area contributed by atoms with Crippen LogP contribution >= 0.6 is 12.2 Å². The van der Waals surface area contributed by atoms with Crippen LogP contribution in [-0.4, -0.2) is 62.5 Å². The smallest absolute Gasteiger partial charge is 0.375 e. The summed E-state index contributed by atoms with van der Waals surface area (Å²) in [7, 11) is 2.07.